The Morgan fingerprint density at radius 3 is 2.00 bits per heavy atom. The summed E-state index contributed by atoms with van der Waals surface area (Å²) in [5, 5.41) is 14.1. The Kier molecular flexibility index (Phi) is 8.55. The summed E-state index contributed by atoms with van der Waals surface area (Å²) in [6, 6.07) is 7.17. The molecule has 2 rings (SSSR count). The number of rotatable bonds is 5. The second kappa shape index (κ2) is 9.90. The van der Waals surface area contributed by atoms with Crippen LogP contribution in [-0.4, -0.2) is 16.0 Å². The first-order chi connectivity index (χ1) is 13.7. The van der Waals surface area contributed by atoms with Crippen molar-refractivity contribution < 1.29 is 9.90 Å². The molecule has 172 valence electrons. The number of nitrogens with zero attached hydrogens (tertiary/aromatic N) is 1. The molecule has 1 aromatic carbocycles. The van der Waals surface area contributed by atoms with Crippen LogP contribution in [0.25, 0.3) is 0 Å². The lowest BCUT2D eigenvalue weighted by Crippen LogP contribution is -2.30. The zero-order valence-electron chi connectivity index (χ0n) is 20.1. The molecule has 2 aromatic rings. The van der Waals surface area contributed by atoms with Gasteiger partial charge in [0.15, 0.2) is 0 Å². The SMILES string of the molecule is CCCC(NC(=O)c1cc(C(C)(C)C)c(O)c(C(C)(C)C)c1)c1cc(C)cc(N)n1.Cl. The summed E-state index contributed by atoms with van der Waals surface area (Å²) < 4.78 is 0. The van der Waals surface area contributed by atoms with Crippen molar-refractivity contribution >= 4 is 24.1 Å². The Morgan fingerprint density at radius 2 is 1.58 bits per heavy atom. The van der Waals surface area contributed by atoms with E-state index in [-0.39, 0.29) is 40.9 Å². The molecule has 0 aliphatic rings. The smallest absolute Gasteiger partial charge is 0.251 e. The van der Waals surface area contributed by atoms with Gasteiger partial charge in [0, 0.05) is 16.7 Å². The van der Waals surface area contributed by atoms with Crippen molar-refractivity contribution in [3.8, 4) is 5.75 Å². The van der Waals surface area contributed by atoms with E-state index < -0.39 is 0 Å². The van der Waals surface area contributed by atoms with Gasteiger partial charge in [0.1, 0.15) is 11.6 Å². The number of nitrogen functional groups attached to an aromatic ring is 1. The maximum Gasteiger partial charge on any atom is 0.251 e. The molecule has 0 spiro atoms. The van der Waals surface area contributed by atoms with Gasteiger partial charge in [0.2, 0.25) is 0 Å². The molecule has 31 heavy (non-hydrogen) atoms. The summed E-state index contributed by atoms with van der Waals surface area (Å²) in [7, 11) is 0. The van der Waals surface area contributed by atoms with Gasteiger partial charge in [-0.05, 0) is 54.0 Å². The van der Waals surface area contributed by atoms with Gasteiger partial charge in [0.05, 0.1) is 11.7 Å². The molecule has 0 radical (unpaired) electrons. The molecule has 0 saturated carbocycles. The summed E-state index contributed by atoms with van der Waals surface area (Å²) in [5.74, 6) is 0.547. The molecule has 1 amide bonds. The van der Waals surface area contributed by atoms with Gasteiger partial charge in [-0.2, -0.15) is 0 Å². The number of phenolic OH excluding ortho intramolecular Hbond substituents is 1. The van der Waals surface area contributed by atoms with E-state index in [0.29, 0.717) is 11.4 Å². The predicted molar refractivity (Wildman–Crippen MR) is 131 cm³/mol. The van der Waals surface area contributed by atoms with E-state index in [1.807, 2.05) is 60.6 Å². The van der Waals surface area contributed by atoms with Crippen LogP contribution in [0.4, 0.5) is 5.82 Å². The fourth-order valence-corrected chi connectivity index (χ4v) is 3.63. The Morgan fingerprint density at radius 1 is 1.06 bits per heavy atom. The third-order valence-electron chi connectivity index (χ3n) is 5.24. The summed E-state index contributed by atoms with van der Waals surface area (Å²) in [4.78, 5) is 17.7. The maximum atomic E-state index is 13.3. The molecule has 1 aromatic heterocycles. The average molecular weight is 448 g/mol. The highest BCUT2D eigenvalue weighted by Gasteiger charge is 2.28. The number of carbonyl (C=O) groups is 1. The molecule has 0 fully saturated rings. The van der Waals surface area contributed by atoms with Crippen molar-refractivity contribution in [3.05, 3.63) is 52.2 Å². The van der Waals surface area contributed by atoms with Crippen LogP contribution >= 0.6 is 12.4 Å². The minimum Gasteiger partial charge on any atom is -0.507 e. The number of hydrogen-bond donors (Lipinski definition) is 3. The third kappa shape index (κ3) is 6.60. The fourth-order valence-electron chi connectivity index (χ4n) is 3.63. The van der Waals surface area contributed by atoms with E-state index in [2.05, 4.69) is 17.2 Å². The highest BCUT2D eigenvalue weighted by atomic mass is 35.5. The van der Waals surface area contributed by atoms with Gasteiger partial charge in [-0.25, -0.2) is 4.98 Å². The topological polar surface area (TPSA) is 88.2 Å². The number of benzene rings is 1. The predicted octanol–water partition coefficient (Wildman–Crippen LogP) is 5.97. The van der Waals surface area contributed by atoms with Crippen molar-refractivity contribution in [2.75, 3.05) is 5.73 Å². The monoisotopic (exact) mass is 447 g/mol. The van der Waals surface area contributed by atoms with E-state index in [4.69, 9.17) is 5.73 Å². The van der Waals surface area contributed by atoms with Crippen molar-refractivity contribution in [2.45, 2.75) is 85.1 Å². The molecule has 0 aliphatic carbocycles. The van der Waals surface area contributed by atoms with Crippen molar-refractivity contribution in [3.63, 3.8) is 0 Å². The molecule has 4 N–H and O–H groups in total. The van der Waals surface area contributed by atoms with Crippen LogP contribution in [-0.2, 0) is 10.8 Å². The average Bonchev–Trinajstić information content (AvgIpc) is 2.58. The number of amides is 1. The molecule has 6 heteroatoms. The van der Waals surface area contributed by atoms with Crippen LogP contribution in [0.3, 0.4) is 0 Å². The number of carbonyl (C=O) groups excluding carboxylic acids is 1. The first kappa shape index (κ1) is 26.8. The van der Waals surface area contributed by atoms with E-state index in [1.54, 1.807) is 12.1 Å². The Balaban J connectivity index is 0.00000480. The van der Waals surface area contributed by atoms with Crippen LogP contribution < -0.4 is 11.1 Å². The van der Waals surface area contributed by atoms with Gasteiger partial charge in [-0.1, -0.05) is 54.9 Å². The minimum atomic E-state index is -0.296. The number of halogens is 1. The highest BCUT2D eigenvalue weighted by molar-refractivity contribution is 5.95. The van der Waals surface area contributed by atoms with Crippen molar-refractivity contribution in [1.82, 2.24) is 10.3 Å². The number of aromatic nitrogens is 1. The van der Waals surface area contributed by atoms with Gasteiger partial charge in [-0.15, -0.1) is 12.4 Å². The summed E-state index contributed by atoms with van der Waals surface area (Å²) >= 11 is 0. The standard InChI is InChI=1S/C25H37N3O2.ClH/c1-9-10-19(20-11-15(2)12-21(26)27-20)28-23(30)16-13-17(24(3,4)5)22(29)18(14-16)25(6,7)8;/h11-14,19,29H,9-10H2,1-8H3,(H2,26,27)(H,28,30);1H. The lowest BCUT2D eigenvalue weighted by atomic mass is 9.78. The van der Waals surface area contributed by atoms with Crippen LogP contribution in [0.2, 0.25) is 0 Å². The van der Waals surface area contributed by atoms with E-state index in [1.165, 1.54) is 0 Å². The zero-order valence-corrected chi connectivity index (χ0v) is 20.9. The van der Waals surface area contributed by atoms with Gasteiger partial charge < -0.3 is 16.2 Å². The minimum absolute atomic E-state index is 0. The van der Waals surface area contributed by atoms with Crippen LogP contribution in [0.1, 0.15) is 100 Å². The second-order valence-electron chi connectivity index (χ2n) is 10.2. The Hall–Kier alpha value is -2.27. The summed E-state index contributed by atoms with van der Waals surface area (Å²) in [6.07, 6.45) is 1.66. The first-order valence-corrected chi connectivity index (χ1v) is 10.7. The van der Waals surface area contributed by atoms with E-state index in [0.717, 1.165) is 35.2 Å². The van der Waals surface area contributed by atoms with E-state index >= 15 is 0 Å². The lowest BCUT2D eigenvalue weighted by molar-refractivity contribution is 0.0933. The zero-order chi connectivity index (χ0) is 22.9. The summed E-state index contributed by atoms with van der Waals surface area (Å²) in [5.41, 5.74) is 9.21. The van der Waals surface area contributed by atoms with Crippen LogP contribution in [0.15, 0.2) is 24.3 Å². The molecule has 1 unspecified atom stereocenters. The molecule has 5 nitrogen and oxygen atoms in total. The van der Waals surface area contributed by atoms with Crippen LogP contribution in [0.5, 0.6) is 5.75 Å². The molecule has 1 atom stereocenters. The number of aromatic hydroxyl groups is 1. The highest BCUT2D eigenvalue weighted by Crippen LogP contribution is 2.39. The largest absolute Gasteiger partial charge is 0.507 e. The molecule has 0 bridgehead atoms. The molecular weight excluding hydrogens is 410 g/mol. The number of nitrogens with one attached hydrogen (secondary N) is 1. The third-order valence-corrected chi connectivity index (χ3v) is 5.24. The van der Waals surface area contributed by atoms with Crippen LogP contribution in [0, 0.1) is 6.92 Å². The maximum absolute atomic E-state index is 13.3. The number of phenols is 1. The molecule has 0 saturated heterocycles. The molecule has 0 aliphatic heterocycles. The van der Waals surface area contributed by atoms with Gasteiger partial charge in [-0.3, -0.25) is 4.79 Å². The quantitative estimate of drug-likeness (QED) is 0.527. The Bertz CT molecular complexity index is 872. The van der Waals surface area contributed by atoms with Crippen molar-refractivity contribution in [1.29, 1.82) is 0 Å². The Labute approximate surface area is 193 Å². The van der Waals surface area contributed by atoms with Gasteiger partial charge in [0.25, 0.3) is 5.91 Å². The molecule has 1 heterocycles. The number of pyridine rings is 1. The first-order valence-electron chi connectivity index (χ1n) is 10.7. The van der Waals surface area contributed by atoms with E-state index in [9.17, 15) is 9.90 Å². The number of hydrogen-bond acceptors (Lipinski definition) is 4. The normalized spacial score (nSPS) is 12.8. The number of aryl methyl sites for hydroxylation is 1. The second-order valence-corrected chi connectivity index (χ2v) is 10.2. The molecular formula is C25H38ClN3O2. The fraction of sp³-hybridized carbons (Fsp3) is 0.520. The number of anilines is 1. The van der Waals surface area contributed by atoms with Crippen molar-refractivity contribution in [2.24, 2.45) is 0 Å². The number of nitrogens with two attached hydrogens (primary N) is 1. The van der Waals surface area contributed by atoms with Gasteiger partial charge >= 0.3 is 0 Å². The lowest BCUT2D eigenvalue weighted by Gasteiger charge is -2.28. The summed E-state index contributed by atoms with van der Waals surface area (Å²) in [6.45, 7) is 16.3.